The highest BCUT2D eigenvalue weighted by molar-refractivity contribution is 5.94. The van der Waals surface area contributed by atoms with E-state index in [1.807, 2.05) is 19.1 Å². The van der Waals surface area contributed by atoms with Crippen LogP contribution in [0.5, 0.6) is 0 Å². The first-order valence-electron chi connectivity index (χ1n) is 4.81. The van der Waals surface area contributed by atoms with E-state index in [0.29, 0.717) is 5.56 Å². The van der Waals surface area contributed by atoms with Gasteiger partial charge in [0.1, 0.15) is 6.04 Å². The molecule has 1 rings (SSSR count). The molecule has 0 saturated heterocycles. The van der Waals surface area contributed by atoms with E-state index in [-0.39, 0.29) is 18.5 Å². The van der Waals surface area contributed by atoms with Crippen molar-refractivity contribution in [3.8, 4) is 0 Å². The normalized spacial score (nSPS) is 11.9. The number of carbonyl (C=O) groups is 1. The molecular weight excluding hydrogens is 192 g/mol. The van der Waals surface area contributed by atoms with Gasteiger partial charge < -0.3 is 5.32 Å². The van der Waals surface area contributed by atoms with E-state index < -0.39 is 0 Å². The van der Waals surface area contributed by atoms with Crippen molar-refractivity contribution in [3.05, 3.63) is 40.3 Å². The maximum atomic E-state index is 11.5. The van der Waals surface area contributed by atoms with Crippen molar-refractivity contribution >= 4 is 5.91 Å². The van der Waals surface area contributed by atoms with Crippen molar-refractivity contribution in [3.63, 3.8) is 0 Å². The molecule has 1 atom stereocenters. The summed E-state index contributed by atoms with van der Waals surface area (Å²) in [7, 11) is 0. The second-order valence-corrected chi connectivity index (χ2v) is 3.53. The molecule has 0 radical (unpaired) electrons. The second-order valence-electron chi connectivity index (χ2n) is 3.53. The molecule has 1 aromatic rings. The first-order chi connectivity index (χ1) is 7.13. The Bertz CT molecular complexity index is 346. The lowest BCUT2D eigenvalue weighted by atomic mass is 10.1. The van der Waals surface area contributed by atoms with Gasteiger partial charge in [-0.2, -0.15) is 4.91 Å². The van der Waals surface area contributed by atoms with Gasteiger partial charge in [-0.05, 0) is 26.0 Å². The van der Waals surface area contributed by atoms with Crippen molar-refractivity contribution in [2.24, 2.45) is 5.18 Å². The van der Waals surface area contributed by atoms with Gasteiger partial charge in [-0.15, -0.1) is 0 Å². The van der Waals surface area contributed by atoms with Crippen LogP contribution in [0.4, 0.5) is 0 Å². The largest absolute Gasteiger partial charge is 0.350 e. The highest BCUT2D eigenvalue weighted by Gasteiger charge is 2.06. The van der Waals surface area contributed by atoms with Crippen LogP contribution >= 0.6 is 0 Å². The molecule has 0 aliphatic heterocycles. The summed E-state index contributed by atoms with van der Waals surface area (Å²) in [6.45, 7) is 3.89. The molecule has 0 spiro atoms. The van der Waals surface area contributed by atoms with Crippen LogP contribution in [0.1, 0.15) is 22.8 Å². The highest BCUT2D eigenvalue weighted by atomic mass is 16.3. The SMILES string of the molecule is Cc1ccc(C(=O)NCC(C)N=O)cc1. The third-order valence-corrected chi connectivity index (χ3v) is 2.05. The molecule has 80 valence electrons. The predicted molar refractivity (Wildman–Crippen MR) is 58.8 cm³/mol. The lowest BCUT2D eigenvalue weighted by Crippen LogP contribution is -2.29. The minimum atomic E-state index is -0.389. The van der Waals surface area contributed by atoms with Crippen LogP contribution in [-0.2, 0) is 0 Å². The number of carbonyl (C=O) groups excluding carboxylic acids is 1. The minimum Gasteiger partial charge on any atom is -0.350 e. The zero-order valence-electron chi connectivity index (χ0n) is 8.86. The fourth-order valence-corrected chi connectivity index (χ4v) is 1.08. The van der Waals surface area contributed by atoms with Gasteiger partial charge in [-0.25, -0.2) is 0 Å². The Labute approximate surface area is 88.7 Å². The number of nitrogens with one attached hydrogen (secondary N) is 1. The number of hydrogen-bond donors (Lipinski definition) is 1. The summed E-state index contributed by atoms with van der Waals surface area (Å²) in [5, 5.41) is 5.44. The van der Waals surface area contributed by atoms with Gasteiger partial charge in [0.2, 0.25) is 0 Å². The molecule has 1 aromatic carbocycles. The molecule has 0 aliphatic rings. The Hall–Kier alpha value is -1.71. The zero-order chi connectivity index (χ0) is 11.3. The van der Waals surface area contributed by atoms with E-state index >= 15 is 0 Å². The molecule has 0 bridgehead atoms. The van der Waals surface area contributed by atoms with Crippen LogP contribution in [0.2, 0.25) is 0 Å². The minimum absolute atomic E-state index is 0.175. The Morgan fingerprint density at radius 3 is 2.53 bits per heavy atom. The number of benzene rings is 1. The first-order valence-corrected chi connectivity index (χ1v) is 4.81. The molecule has 0 heterocycles. The van der Waals surface area contributed by atoms with E-state index in [2.05, 4.69) is 10.5 Å². The molecule has 1 unspecified atom stereocenters. The van der Waals surface area contributed by atoms with E-state index in [9.17, 15) is 9.70 Å². The van der Waals surface area contributed by atoms with Gasteiger partial charge in [0.25, 0.3) is 5.91 Å². The van der Waals surface area contributed by atoms with Crippen LogP contribution in [0.3, 0.4) is 0 Å². The number of aryl methyl sites for hydroxylation is 1. The van der Waals surface area contributed by atoms with E-state index in [0.717, 1.165) is 5.56 Å². The van der Waals surface area contributed by atoms with E-state index in [1.54, 1.807) is 19.1 Å². The Morgan fingerprint density at radius 2 is 2.00 bits per heavy atom. The number of amides is 1. The molecule has 1 amide bonds. The molecule has 0 saturated carbocycles. The summed E-state index contributed by atoms with van der Waals surface area (Å²) in [6.07, 6.45) is 0. The number of hydrogen-bond acceptors (Lipinski definition) is 3. The standard InChI is InChI=1S/C11H14N2O2/c1-8-3-5-10(6-4-8)11(14)12-7-9(2)13-15/h3-6,9H,7H2,1-2H3,(H,12,14). The molecule has 1 N–H and O–H groups in total. The maximum Gasteiger partial charge on any atom is 0.251 e. The van der Waals surface area contributed by atoms with Crippen LogP contribution in [0.15, 0.2) is 29.4 Å². The molecule has 0 aliphatic carbocycles. The molecular formula is C11H14N2O2. The average Bonchev–Trinajstić information content (AvgIpc) is 2.26. The zero-order valence-corrected chi connectivity index (χ0v) is 8.86. The second kappa shape index (κ2) is 5.24. The third kappa shape index (κ3) is 3.50. The van der Waals surface area contributed by atoms with Crippen LogP contribution in [0, 0.1) is 11.8 Å². The lowest BCUT2D eigenvalue weighted by molar-refractivity contribution is 0.0952. The van der Waals surface area contributed by atoms with Crippen LogP contribution in [0.25, 0.3) is 0 Å². The van der Waals surface area contributed by atoms with Crippen molar-refractivity contribution in [2.75, 3.05) is 6.54 Å². The number of rotatable bonds is 4. The Kier molecular flexibility index (Phi) is 3.97. The van der Waals surface area contributed by atoms with Crippen molar-refractivity contribution in [1.82, 2.24) is 5.32 Å². The molecule has 15 heavy (non-hydrogen) atoms. The smallest absolute Gasteiger partial charge is 0.251 e. The van der Waals surface area contributed by atoms with Gasteiger partial charge in [0.05, 0.1) is 0 Å². The quantitative estimate of drug-likeness (QED) is 0.764. The topological polar surface area (TPSA) is 58.5 Å². The van der Waals surface area contributed by atoms with Gasteiger partial charge in [-0.3, -0.25) is 4.79 Å². The molecule has 4 heteroatoms. The predicted octanol–water partition coefficient (Wildman–Crippen LogP) is 1.88. The van der Waals surface area contributed by atoms with Gasteiger partial charge >= 0.3 is 0 Å². The monoisotopic (exact) mass is 206 g/mol. The average molecular weight is 206 g/mol. The maximum absolute atomic E-state index is 11.5. The van der Waals surface area contributed by atoms with Crippen molar-refractivity contribution in [2.45, 2.75) is 19.9 Å². The lowest BCUT2D eigenvalue weighted by Gasteiger charge is -2.06. The summed E-state index contributed by atoms with van der Waals surface area (Å²) < 4.78 is 0. The fraction of sp³-hybridized carbons (Fsp3) is 0.364. The van der Waals surface area contributed by atoms with Crippen molar-refractivity contribution in [1.29, 1.82) is 0 Å². The summed E-state index contributed by atoms with van der Waals surface area (Å²) in [6, 6.07) is 6.86. The van der Waals surface area contributed by atoms with Crippen LogP contribution in [-0.4, -0.2) is 18.5 Å². The van der Waals surface area contributed by atoms with E-state index in [1.165, 1.54) is 0 Å². The Morgan fingerprint density at radius 1 is 1.40 bits per heavy atom. The molecule has 0 aromatic heterocycles. The van der Waals surface area contributed by atoms with E-state index in [4.69, 9.17) is 0 Å². The number of nitrogens with zero attached hydrogens (tertiary/aromatic N) is 1. The first kappa shape index (κ1) is 11.4. The third-order valence-electron chi connectivity index (χ3n) is 2.05. The highest BCUT2D eigenvalue weighted by Crippen LogP contribution is 2.02. The summed E-state index contributed by atoms with van der Waals surface area (Å²) >= 11 is 0. The van der Waals surface area contributed by atoms with Crippen LogP contribution < -0.4 is 5.32 Å². The summed E-state index contributed by atoms with van der Waals surface area (Å²) in [4.78, 5) is 21.6. The fourth-order valence-electron chi connectivity index (χ4n) is 1.08. The van der Waals surface area contributed by atoms with Crippen molar-refractivity contribution < 1.29 is 4.79 Å². The number of nitroso groups, excluding NO2 is 1. The van der Waals surface area contributed by atoms with Gasteiger partial charge in [0, 0.05) is 12.1 Å². The Balaban J connectivity index is 2.54. The summed E-state index contributed by atoms with van der Waals surface area (Å²) in [5.41, 5.74) is 1.70. The molecule has 0 fully saturated rings. The van der Waals surface area contributed by atoms with Gasteiger partial charge in [0.15, 0.2) is 0 Å². The van der Waals surface area contributed by atoms with Gasteiger partial charge in [-0.1, -0.05) is 22.9 Å². The molecule has 4 nitrogen and oxygen atoms in total. The summed E-state index contributed by atoms with van der Waals surface area (Å²) in [5.74, 6) is -0.175.